The molecule has 0 bridgehead atoms. The van der Waals surface area contributed by atoms with Gasteiger partial charge in [-0.25, -0.2) is 0 Å². The summed E-state index contributed by atoms with van der Waals surface area (Å²) in [4.78, 5) is 16.6. The molecule has 4 rings (SSSR count). The van der Waals surface area contributed by atoms with Crippen LogP contribution in [0, 0.1) is 0 Å². The maximum atomic E-state index is 12.2. The minimum atomic E-state index is -0.231. The summed E-state index contributed by atoms with van der Waals surface area (Å²) < 4.78 is 7.32. The highest BCUT2D eigenvalue weighted by Gasteiger charge is 2.16. The van der Waals surface area contributed by atoms with Crippen molar-refractivity contribution in [2.45, 2.75) is 18.9 Å². The van der Waals surface area contributed by atoms with E-state index in [9.17, 15) is 4.79 Å². The third-order valence-electron chi connectivity index (χ3n) is 4.16. The molecule has 1 aliphatic rings. The van der Waals surface area contributed by atoms with Crippen LogP contribution in [0.1, 0.15) is 23.2 Å². The molecule has 3 aromatic rings. The fourth-order valence-corrected chi connectivity index (χ4v) is 2.88. The van der Waals surface area contributed by atoms with Crippen molar-refractivity contribution >= 4 is 23.3 Å². The largest absolute Gasteiger partial charge is 0.376 e. The monoisotopic (exact) mass is 337 g/mol. The minimum absolute atomic E-state index is 0.231. The number of fused-ring (bicyclic) bond motifs is 1. The number of aromatic nitrogens is 3. The molecule has 1 fully saturated rings. The van der Waals surface area contributed by atoms with Gasteiger partial charge in [0.05, 0.1) is 6.10 Å². The highest BCUT2D eigenvalue weighted by molar-refractivity contribution is 6.03. The van der Waals surface area contributed by atoms with E-state index in [1.54, 1.807) is 16.6 Å². The third kappa shape index (κ3) is 3.46. The van der Waals surface area contributed by atoms with E-state index in [1.807, 2.05) is 36.4 Å². The van der Waals surface area contributed by atoms with Gasteiger partial charge in [-0.2, -0.15) is 9.50 Å². The van der Waals surface area contributed by atoms with Crippen molar-refractivity contribution < 1.29 is 9.53 Å². The molecule has 0 spiro atoms. The lowest BCUT2D eigenvalue weighted by Gasteiger charge is -2.12. The van der Waals surface area contributed by atoms with Gasteiger partial charge in [0.25, 0.3) is 5.91 Å². The number of anilines is 2. The Bertz CT molecular complexity index is 872. The van der Waals surface area contributed by atoms with Crippen LogP contribution < -0.4 is 10.6 Å². The summed E-state index contributed by atoms with van der Waals surface area (Å²) in [5.41, 5.74) is 1.23. The topological polar surface area (TPSA) is 80.5 Å². The fraction of sp³-hybridized carbons (Fsp3) is 0.278. The number of amides is 1. The molecule has 3 heterocycles. The molecule has 1 aromatic carbocycles. The first kappa shape index (κ1) is 15.6. The molecule has 0 radical (unpaired) electrons. The molecule has 1 atom stereocenters. The molecule has 25 heavy (non-hydrogen) atoms. The van der Waals surface area contributed by atoms with Gasteiger partial charge in [-0.3, -0.25) is 10.1 Å². The van der Waals surface area contributed by atoms with Gasteiger partial charge in [0.15, 0.2) is 5.65 Å². The van der Waals surface area contributed by atoms with Crippen molar-refractivity contribution in [3.05, 3.63) is 54.1 Å². The minimum Gasteiger partial charge on any atom is -0.376 e. The summed E-state index contributed by atoms with van der Waals surface area (Å²) in [7, 11) is 0. The Morgan fingerprint density at radius 3 is 2.88 bits per heavy atom. The van der Waals surface area contributed by atoms with Gasteiger partial charge in [-0.05, 0) is 37.1 Å². The summed E-state index contributed by atoms with van der Waals surface area (Å²) in [6.45, 7) is 1.56. The Morgan fingerprint density at radius 2 is 2.08 bits per heavy atom. The molecule has 1 amide bonds. The molecule has 1 unspecified atom stereocenters. The van der Waals surface area contributed by atoms with Crippen LogP contribution in [0.5, 0.6) is 0 Å². The highest BCUT2D eigenvalue weighted by atomic mass is 16.5. The van der Waals surface area contributed by atoms with E-state index in [1.165, 1.54) is 0 Å². The summed E-state index contributed by atoms with van der Waals surface area (Å²) in [5, 5.41) is 10.5. The van der Waals surface area contributed by atoms with Crippen LogP contribution in [0.3, 0.4) is 0 Å². The van der Waals surface area contributed by atoms with Crippen molar-refractivity contribution in [3.8, 4) is 0 Å². The van der Waals surface area contributed by atoms with E-state index in [2.05, 4.69) is 20.7 Å². The lowest BCUT2D eigenvalue weighted by atomic mass is 10.2. The lowest BCUT2D eigenvalue weighted by Crippen LogP contribution is -2.19. The normalized spacial score (nSPS) is 16.9. The molecule has 2 aromatic heterocycles. The SMILES string of the molecule is O=C(Nc1nc2cccc(NCC3CCCO3)n2n1)c1ccccc1. The van der Waals surface area contributed by atoms with Crippen molar-refractivity contribution in [2.75, 3.05) is 23.8 Å². The molecule has 7 nitrogen and oxygen atoms in total. The summed E-state index contributed by atoms with van der Waals surface area (Å²) >= 11 is 0. The van der Waals surface area contributed by atoms with E-state index < -0.39 is 0 Å². The van der Waals surface area contributed by atoms with E-state index >= 15 is 0 Å². The molecule has 2 N–H and O–H groups in total. The molecule has 7 heteroatoms. The quantitative estimate of drug-likeness (QED) is 0.748. The fourth-order valence-electron chi connectivity index (χ4n) is 2.88. The number of nitrogens with one attached hydrogen (secondary N) is 2. The van der Waals surface area contributed by atoms with Crippen molar-refractivity contribution in [2.24, 2.45) is 0 Å². The van der Waals surface area contributed by atoms with Crippen LogP contribution >= 0.6 is 0 Å². The van der Waals surface area contributed by atoms with Crippen LogP contribution in [0.25, 0.3) is 5.65 Å². The maximum Gasteiger partial charge on any atom is 0.258 e. The van der Waals surface area contributed by atoms with Gasteiger partial charge in [-0.15, -0.1) is 5.10 Å². The Morgan fingerprint density at radius 1 is 1.20 bits per heavy atom. The molecular formula is C18H19N5O2. The number of pyridine rings is 1. The summed E-state index contributed by atoms with van der Waals surface area (Å²) in [6, 6.07) is 14.7. The average Bonchev–Trinajstić information content (AvgIpc) is 3.30. The highest BCUT2D eigenvalue weighted by Crippen LogP contribution is 2.16. The van der Waals surface area contributed by atoms with Crippen LogP contribution in [0.4, 0.5) is 11.8 Å². The number of nitrogens with zero attached hydrogens (tertiary/aromatic N) is 3. The van der Waals surface area contributed by atoms with Crippen molar-refractivity contribution in [1.29, 1.82) is 0 Å². The smallest absolute Gasteiger partial charge is 0.258 e. The summed E-state index contributed by atoms with van der Waals surface area (Å²) in [6.07, 6.45) is 2.41. The first-order valence-corrected chi connectivity index (χ1v) is 8.37. The van der Waals surface area contributed by atoms with Crippen LogP contribution in [0.2, 0.25) is 0 Å². The number of benzene rings is 1. The van der Waals surface area contributed by atoms with E-state index in [0.29, 0.717) is 11.2 Å². The molecular weight excluding hydrogens is 318 g/mol. The Balaban J connectivity index is 1.51. The molecule has 1 aliphatic heterocycles. The number of rotatable bonds is 5. The van der Waals surface area contributed by atoms with Gasteiger partial charge >= 0.3 is 0 Å². The first-order chi connectivity index (χ1) is 12.3. The third-order valence-corrected chi connectivity index (χ3v) is 4.16. The number of ether oxygens (including phenoxy) is 1. The Hall–Kier alpha value is -2.93. The van der Waals surface area contributed by atoms with Gasteiger partial charge in [-0.1, -0.05) is 24.3 Å². The Labute approximate surface area is 145 Å². The number of hydrogen-bond acceptors (Lipinski definition) is 5. The second-order valence-electron chi connectivity index (χ2n) is 5.95. The second-order valence-corrected chi connectivity index (χ2v) is 5.95. The van der Waals surface area contributed by atoms with Gasteiger partial charge in [0.1, 0.15) is 5.82 Å². The standard InChI is InChI=1S/C18H19N5O2/c24-17(13-6-2-1-3-7-13)21-18-20-16-10-4-9-15(23(16)22-18)19-12-14-8-5-11-25-14/h1-4,6-7,9-10,14,19H,5,8,11-12H2,(H,21,22,24). The maximum absolute atomic E-state index is 12.2. The van der Waals surface area contributed by atoms with Crippen LogP contribution in [0.15, 0.2) is 48.5 Å². The number of hydrogen-bond donors (Lipinski definition) is 2. The molecule has 128 valence electrons. The van der Waals surface area contributed by atoms with Crippen molar-refractivity contribution in [1.82, 2.24) is 14.6 Å². The van der Waals surface area contributed by atoms with Crippen molar-refractivity contribution in [3.63, 3.8) is 0 Å². The predicted octanol–water partition coefficient (Wildman–Crippen LogP) is 2.57. The average molecular weight is 337 g/mol. The molecule has 0 aliphatic carbocycles. The van der Waals surface area contributed by atoms with Gasteiger partial charge < -0.3 is 10.1 Å². The Kier molecular flexibility index (Phi) is 4.30. The summed E-state index contributed by atoms with van der Waals surface area (Å²) in [5.74, 6) is 0.867. The van der Waals surface area contributed by atoms with E-state index in [0.717, 1.165) is 31.8 Å². The van der Waals surface area contributed by atoms with Crippen LogP contribution in [-0.4, -0.2) is 39.8 Å². The zero-order valence-electron chi connectivity index (χ0n) is 13.7. The molecule has 1 saturated heterocycles. The number of carbonyl (C=O) groups is 1. The second kappa shape index (κ2) is 6.90. The van der Waals surface area contributed by atoms with Crippen LogP contribution in [-0.2, 0) is 4.74 Å². The predicted molar refractivity (Wildman–Crippen MR) is 94.8 cm³/mol. The van der Waals surface area contributed by atoms with E-state index in [-0.39, 0.29) is 18.0 Å². The van der Waals surface area contributed by atoms with E-state index in [4.69, 9.17) is 4.74 Å². The molecule has 0 saturated carbocycles. The lowest BCUT2D eigenvalue weighted by molar-refractivity contribution is 0.102. The number of carbonyl (C=O) groups excluding carboxylic acids is 1. The zero-order chi connectivity index (χ0) is 17.1. The van der Waals surface area contributed by atoms with Gasteiger partial charge in [0.2, 0.25) is 5.95 Å². The van der Waals surface area contributed by atoms with Gasteiger partial charge in [0, 0.05) is 18.7 Å². The first-order valence-electron chi connectivity index (χ1n) is 8.37. The zero-order valence-corrected chi connectivity index (χ0v) is 13.7.